The third-order valence-electron chi connectivity index (χ3n) is 5.90. The molecule has 33 heavy (non-hydrogen) atoms. The molecule has 4 nitrogen and oxygen atoms in total. The standard InChI is InChI=1S/C28H29FN2O2/c1-6-31-25-16-24(29)20(15-23(25)19(2)17-28(31,3)4)18-30-21-11-13-22(14-12-21)33-27-10-8-7-9-26(27)32-5/h7-18H,6H2,1-5H3. The topological polar surface area (TPSA) is 34.1 Å². The molecule has 4 rings (SSSR count). The molecule has 0 saturated heterocycles. The first-order valence-corrected chi connectivity index (χ1v) is 11.1. The lowest BCUT2D eigenvalue weighted by Crippen LogP contribution is -2.45. The van der Waals surface area contributed by atoms with Crippen LogP contribution in [-0.4, -0.2) is 25.4 Å². The summed E-state index contributed by atoms with van der Waals surface area (Å²) in [5.41, 5.74) is 4.14. The van der Waals surface area contributed by atoms with Crippen LogP contribution in [0.4, 0.5) is 15.8 Å². The summed E-state index contributed by atoms with van der Waals surface area (Å²) in [6, 6.07) is 18.3. The molecule has 0 fully saturated rings. The van der Waals surface area contributed by atoms with Gasteiger partial charge in [-0.25, -0.2) is 4.39 Å². The van der Waals surface area contributed by atoms with Crippen molar-refractivity contribution >= 4 is 23.2 Å². The second-order valence-electron chi connectivity index (χ2n) is 8.62. The summed E-state index contributed by atoms with van der Waals surface area (Å²) >= 11 is 0. The smallest absolute Gasteiger partial charge is 0.169 e. The molecule has 0 atom stereocenters. The zero-order valence-corrected chi connectivity index (χ0v) is 19.7. The van der Waals surface area contributed by atoms with Gasteiger partial charge in [-0.15, -0.1) is 0 Å². The Kier molecular flexibility index (Phi) is 6.23. The minimum absolute atomic E-state index is 0.151. The number of nitrogens with zero attached hydrogens (tertiary/aromatic N) is 2. The van der Waals surface area contributed by atoms with E-state index in [-0.39, 0.29) is 11.4 Å². The van der Waals surface area contributed by atoms with E-state index in [0.717, 1.165) is 23.4 Å². The molecular formula is C28H29FN2O2. The van der Waals surface area contributed by atoms with E-state index in [1.54, 1.807) is 19.4 Å². The molecule has 0 saturated carbocycles. The van der Waals surface area contributed by atoms with Crippen LogP contribution in [0.25, 0.3) is 5.57 Å². The van der Waals surface area contributed by atoms with Crippen LogP contribution >= 0.6 is 0 Å². The number of hydrogen-bond acceptors (Lipinski definition) is 4. The summed E-state index contributed by atoms with van der Waals surface area (Å²) in [6.45, 7) is 9.27. The molecule has 3 aromatic rings. The summed E-state index contributed by atoms with van der Waals surface area (Å²) in [4.78, 5) is 6.70. The van der Waals surface area contributed by atoms with E-state index in [1.165, 1.54) is 0 Å². The first-order valence-electron chi connectivity index (χ1n) is 11.1. The highest BCUT2D eigenvalue weighted by molar-refractivity contribution is 5.89. The van der Waals surface area contributed by atoms with Gasteiger partial charge in [-0.3, -0.25) is 4.99 Å². The van der Waals surface area contributed by atoms with Crippen molar-refractivity contribution < 1.29 is 13.9 Å². The second kappa shape index (κ2) is 9.10. The van der Waals surface area contributed by atoms with Crippen LogP contribution in [0.2, 0.25) is 0 Å². The van der Waals surface area contributed by atoms with E-state index >= 15 is 0 Å². The Morgan fingerprint density at radius 1 is 1.03 bits per heavy atom. The molecule has 0 aromatic heterocycles. The van der Waals surface area contributed by atoms with Crippen molar-refractivity contribution in [1.29, 1.82) is 0 Å². The molecule has 0 radical (unpaired) electrons. The Balaban J connectivity index is 1.56. The molecule has 1 aliphatic rings. The first-order chi connectivity index (χ1) is 15.8. The molecule has 0 amide bonds. The maximum atomic E-state index is 15.0. The fraction of sp³-hybridized carbons (Fsp3) is 0.250. The molecule has 5 heteroatoms. The highest BCUT2D eigenvalue weighted by atomic mass is 19.1. The van der Waals surface area contributed by atoms with Crippen LogP contribution < -0.4 is 14.4 Å². The SMILES string of the molecule is CCN1c2cc(F)c(C=Nc3ccc(Oc4ccccc4OC)cc3)cc2C(C)=CC1(C)C. The highest BCUT2D eigenvalue weighted by Gasteiger charge is 2.30. The summed E-state index contributed by atoms with van der Waals surface area (Å²) in [6.07, 6.45) is 3.81. The van der Waals surface area contributed by atoms with E-state index < -0.39 is 0 Å². The number of fused-ring (bicyclic) bond motifs is 1. The van der Waals surface area contributed by atoms with Crippen LogP contribution in [0, 0.1) is 5.82 Å². The lowest BCUT2D eigenvalue weighted by molar-refractivity contribution is 0.379. The van der Waals surface area contributed by atoms with Crippen molar-refractivity contribution in [3.05, 3.63) is 83.7 Å². The van der Waals surface area contributed by atoms with Gasteiger partial charge in [0.15, 0.2) is 11.5 Å². The van der Waals surface area contributed by atoms with E-state index in [2.05, 4.69) is 43.7 Å². The Bertz CT molecular complexity index is 1210. The van der Waals surface area contributed by atoms with Crippen molar-refractivity contribution in [1.82, 2.24) is 0 Å². The quantitative estimate of drug-likeness (QED) is 0.372. The number of hydrogen-bond donors (Lipinski definition) is 0. The monoisotopic (exact) mass is 444 g/mol. The largest absolute Gasteiger partial charge is 0.493 e. The maximum absolute atomic E-state index is 15.0. The average molecular weight is 445 g/mol. The van der Waals surface area contributed by atoms with E-state index in [0.29, 0.717) is 28.5 Å². The highest BCUT2D eigenvalue weighted by Crippen LogP contribution is 2.39. The van der Waals surface area contributed by atoms with Crippen molar-refractivity contribution in [2.75, 3.05) is 18.6 Å². The van der Waals surface area contributed by atoms with Crippen molar-refractivity contribution in [2.45, 2.75) is 33.2 Å². The Labute approximate surface area is 195 Å². The van der Waals surface area contributed by atoms with Gasteiger partial charge in [-0.1, -0.05) is 18.2 Å². The molecule has 0 bridgehead atoms. The van der Waals surface area contributed by atoms with Crippen LogP contribution in [0.5, 0.6) is 17.2 Å². The van der Waals surface area contributed by atoms with Gasteiger partial charge in [0.1, 0.15) is 11.6 Å². The van der Waals surface area contributed by atoms with E-state index in [9.17, 15) is 4.39 Å². The van der Waals surface area contributed by atoms with Gasteiger partial charge in [-0.2, -0.15) is 0 Å². The van der Waals surface area contributed by atoms with E-state index in [4.69, 9.17) is 9.47 Å². The predicted molar refractivity (Wildman–Crippen MR) is 134 cm³/mol. The van der Waals surface area contributed by atoms with Gasteiger partial charge in [0, 0.05) is 29.6 Å². The minimum atomic E-state index is -0.280. The molecule has 0 unspecified atom stereocenters. The van der Waals surface area contributed by atoms with Crippen LogP contribution in [0.1, 0.15) is 38.8 Å². The first kappa shape index (κ1) is 22.6. The Morgan fingerprint density at radius 3 is 2.39 bits per heavy atom. The molecule has 0 spiro atoms. The van der Waals surface area contributed by atoms with E-state index in [1.807, 2.05) is 54.6 Å². The molecule has 1 heterocycles. The van der Waals surface area contributed by atoms with Crippen molar-refractivity contribution in [2.24, 2.45) is 4.99 Å². The molecular weight excluding hydrogens is 415 g/mol. The lowest BCUT2D eigenvalue weighted by Gasteiger charge is -2.42. The second-order valence-corrected chi connectivity index (χ2v) is 8.62. The number of para-hydroxylation sites is 2. The maximum Gasteiger partial charge on any atom is 0.169 e. The molecule has 0 N–H and O–H groups in total. The number of allylic oxidation sites excluding steroid dienone is 1. The fourth-order valence-electron chi connectivity index (χ4n) is 4.37. The number of ether oxygens (including phenoxy) is 2. The number of methoxy groups -OCH3 is 1. The van der Waals surface area contributed by atoms with Crippen molar-refractivity contribution in [3.63, 3.8) is 0 Å². The van der Waals surface area contributed by atoms with Crippen LogP contribution in [-0.2, 0) is 0 Å². The zero-order chi connectivity index (χ0) is 23.6. The number of rotatable bonds is 6. The van der Waals surface area contributed by atoms with Gasteiger partial charge in [-0.05, 0) is 81.8 Å². The number of likely N-dealkylation sites (N-methyl/N-ethyl adjacent to an activating group) is 1. The summed E-state index contributed by atoms with van der Waals surface area (Å²) in [5.74, 6) is 1.69. The normalized spacial score (nSPS) is 14.7. The number of benzene rings is 3. The summed E-state index contributed by atoms with van der Waals surface area (Å²) < 4.78 is 26.2. The van der Waals surface area contributed by atoms with Crippen molar-refractivity contribution in [3.8, 4) is 17.2 Å². The third kappa shape index (κ3) is 4.63. The predicted octanol–water partition coefficient (Wildman–Crippen LogP) is 7.40. The third-order valence-corrected chi connectivity index (χ3v) is 5.90. The summed E-state index contributed by atoms with van der Waals surface area (Å²) in [7, 11) is 1.61. The molecule has 1 aliphatic heterocycles. The van der Waals surface area contributed by atoms with Crippen LogP contribution in [0.3, 0.4) is 0 Å². The molecule has 0 aliphatic carbocycles. The molecule has 3 aromatic carbocycles. The number of anilines is 1. The average Bonchev–Trinajstić information content (AvgIpc) is 2.79. The van der Waals surface area contributed by atoms with Crippen LogP contribution in [0.15, 0.2) is 71.7 Å². The van der Waals surface area contributed by atoms with Gasteiger partial charge in [0.2, 0.25) is 0 Å². The zero-order valence-electron chi connectivity index (χ0n) is 19.7. The summed E-state index contributed by atoms with van der Waals surface area (Å²) in [5, 5.41) is 0. The fourth-order valence-corrected chi connectivity index (χ4v) is 4.37. The van der Waals surface area contributed by atoms with Gasteiger partial charge >= 0.3 is 0 Å². The minimum Gasteiger partial charge on any atom is -0.493 e. The van der Waals surface area contributed by atoms with Gasteiger partial charge in [0.05, 0.1) is 18.3 Å². The number of halogens is 1. The Hall–Kier alpha value is -3.60. The van der Waals surface area contributed by atoms with Gasteiger partial charge in [0.25, 0.3) is 0 Å². The number of aliphatic imine (C=N–C) groups is 1. The lowest BCUT2D eigenvalue weighted by atomic mass is 9.88. The Morgan fingerprint density at radius 2 is 1.73 bits per heavy atom. The molecule has 170 valence electrons. The van der Waals surface area contributed by atoms with Gasteiger partial charge < -0.3 is 14.4 Å².